The van der Waals surface area contributed by atoms with Gasteiger partial charge in [0.05, 0.1) is 11.9 Å². The number of ether oxygens (including phenoxy) is 2. The second kappa shape index (κ2) is 7.21. The summed E-state index contributed by atoms with van der Waals surface area (Å²) >= 11 is 0. The molecule has 1 aliphatic heterocycles. The zero-order valence-electron chi connectivity index (χ0n) is 16.5. The fraction of sp³-hybridized carbons (Fsp3) is 0.136. The van der Waals surface area contributed by atoms with Crippen molar-refractivity contribution in [1.82, 2.24) is 0 Å². The summed E-state index contributed by atoms with van der Waals surface area (Å²) in [5.74, 6) is 0.473. The summed E-state index contributed by atoms with van der Waals surface area (Å²) in [6.45, 7) is -0.320. The van der Waals surface area contributed by atoms with Gasteiger partial charge in [0.1, 0.15) is 17.7 Å². The lowest BCUT2D eigenvalue weighted by atomic mass is 10.1. The van der Waals surface area contributed by atoms with Gasteiger partial charge in [0.2, 0.25) is 22.7 Å². The average Bonchev–Trinajstić information content (AvgIpc) is 3.34. The molecule has 1 N–H and O–H groups in total. The lowest BCUT2D eigenvalue weighted by molar-refractivity contribution is -0.114. The standard InChI is InChI=1S/C22H18N2O6S/c1-31(26,27)24(15-7-9-19-21(11-15)29-13-28-19)12-22(25)23-14-6-8-17-16-4-2-3-5-18(16)30-20(17)10-14/h2-11H,12-13H2,1H3,(H,23,25). The van der Waals surface area contributed by atoms with Crippen LogP contribution in [0.3, 0.4) is 0 Å². The Morgan fingerprint density at radius 3 is 2.58 bits per heavy atom. The molecule has 1 amide bonds. The van der Waals surface area contributed by atoms with Crippen molar-refractivity contribution in [2.45, 2.75) is 0 Å². The zero-order chi connectivity index (χ0) is 21.6. The molecule has 0 bridgehead atoms. The summed E-state index contributed by atoms with van der Waals surface area (Å²) in [6.07, 6.45) is 1.05. The number of anilines is 2. The molecule has 0 saturated carbocycles. The highest BCUT2D eigenvalue weighted by molar-refractivity contribution is 7.92. The van der Waals surface area contributed by atoms with Crippen molar-refractivity contribution in [3.05, 3.63) is 60.7 Å². The number of hydrogen-bond acceptors (Lipinski definition) is 6. The maximum atomic E-state index is 12.7. The number of furan rings is 1. The third-order valence-electron chi connectivity index (χ3n) is 4.99. The Kier molecular flexibility index (Phi) is 4.48. The maximum absolute atomic E-state index is 12.7. The highest BCUT2D eigenvalue weighted by Crippen LogP contribution is 2.36. The van der Waals surface area contributed by atoms with Crippen LogP contribution in [-0.4, -0.2) is 33.9 Å². The fourth-order valence-corrected chi connectivity index (χ4v) is 4.42. The number of sulfonamides is 1. The summed E-state index contributed by atoms with van der Waals surface area (Å²) < 4.78 is 42.1. The van der Waals surface area contributed by atoms with Crippen molar-refractivity contribution < 1.29 is 27.1 Å². The van der Waals surface area contributed by atoms with E-state index in [-0.39, 0.29) is 6.79 Å². The van der Waals surface area contributed by atoms with E-state index in [1.54, 1.807) is 24.3 Å². The van der Waals surface area contributed by atoms with E-state index in [0.29, 0.717) is 28.5 Å². The van der Waals surface area contributed by atoms with Crippen LogP contribution in [-0.2, 0) is 14.8 Å². The van der Waals surface area contributed by atoms with Crippen LogP contribution in [0.1, 0.15) is 0 Å². The van der Waals surface area contributed by atoms with Crippen LogP contribution in [0.25, 0.3) is 21.9 Å². The summed E-state index contributed by atoms with van der Waals surface area (Å²) in [6, 6.07) is 17.7. The normalized spacial score (nSPS) is 12.9. The Balaban J connectivity index is 1.39. The Morgan fingerprint density at radius 1 is 0.968 bits per heavy atom. The first kappa shape index (κ1) is 19.3. The first-order valence-electron chi connectivity index (χ1n) is 9.47. The van der Waals surface area contributed by atoms with Gasteiger partial charge in [-0.15, -0.1) is 0 Å². The van der Waals surface area contributed by atoms with Gasteiger partial charge in [-0.05, 0) is 30.3 Å². The van der Waals surface area contributed by atoms with E-state index >= 15 is 0 Å². The topological polar surface area (TPSA) is 98.1 Å². The van der Waals surface area contributed by atoms with Gasteiger partial charge in [0.15, 0.2) is 11.5 Å². The Bertz CT molecular complexity index is 1430. The molecule has 8 nitrogen and oxygen atoms in total. The molecule has 1 aromatic heterocycles. The predicted molar refractivity (Wildman–Crippen MR) is 117 cm³/mol. The Labute approximate surface area is 178 Å². The van der Waals surface area contributed by atoms with E-state index in [4.69, 9.17) is 13.9 Å². The molecular formula is C22H18N2O6S. The number of amides is 1. The highest BCUT2D eigenvalue weighted by atomic mass is 32.2. The summed E-state index contributed by atoms with van der Waals surface area (Å²) in [5.41, 5.74) is 2.21. The number of para-hydroxylation sites is 1. The number of fused-ring (bicyclic) bond motifs is 4. The van der Waals surface area contributed by atoms with Gasteiger partial charge in [0, 0.05) is 28.6 Å². The molecule has 0 fully saturated rings. The van der Waals surface area contributed by atoms with Crippen LogP contribution in [0, 0.1) is 0 Å². The van der Waals surface area contributed by atoms with E-state index in [1.165, 1.54) is 6.07 Å². The number of rotatable bonds is 5. The molecule has 3 aromatic carbocycles. The van der Waals surface area contributed by atoms with Gasteiger partial charge in [-0.2, -0.15) is 0 Å². The number of carbonyl (C=O) groups is 1. The maximum Gasteiger partial charge on any atom is 0.245 e. The van der Waals surface area contributed by atoms with Crippen LogP contribution in [0.2, 0.25) is 0 Å². The zero-order valence-corrected chi connectivity index (χ0v) is 17.3. The number of carbonyl (C=O) groups excluding carboxylic acids is 1. The molecule has 0 radical (unpaired) electrons. The molecule has 2 heterocycles. The quantitative estimate of drug-likeness (QED) is 0.510. The Hall–Kier alpha value is -3.72. The number of nitrogens with one attached hydrogen (secondary N) is 1. The number of nitrogens with zero attached hydrogens (tertiary/aromatic N) is 1. The van der Waals surface area contributed by atoms with E-state index in [0.717, 1.165) is 26.9 Å². The predicted octanol–water partition coefficient (Wildman–Crippen LogP) is 3.72. The fourth-order valence-electron chi connectivity index (χ4n) is 3.57. The smallest absolute Gasteiger partial charge is 0.245 e. The third kappa shape index (κ3) is 3.64. The van der Waals surface area contributed by atoms with E-state index in [2.05, 4.69) is 5.32 Å². The summed E-state index contributed by atoms with van der Waals surface area (Å²) in [4.78, 5) is 12.7. The van der Waals surface area contributed by atoms with E-state index < -0.39 is 22.5 Å². The van der Waals surface area contributed by atoms with Crippen molar-refractivity contribution in [3.63, 3.8) is 0 Å². The van der Waals surface area contributed by atoms with Gasteiger partial charge in [-0.25, -0.2) is 8.42 Å². The minimum Gasteiger partial charge on any atom is -0.456 e. The van der Waals surface area contributed by atoms with Gasteiger partial charge < -0.3 is 19.2 Å². The second-order valence-corrected chi connectivity index (χ2v) is 9.07. The largest absolute Gasteiger partial charge is 0.456 e. The van der Waals surface area contributed by atoms with Crippen LogP contribution in [0.5, 0.6) is 11.5 Å². The van der Waals surface area contributed by atoms with Gasteiger partial charge >= 0.3 is 0 Å². The molecule has 9 heteroatoms. The molecule has 31 heavy (non-hydrogen) atoms. The molecule has 0 spiro atoms. The van der Waals surface area contributed by atoms with Crippen molar-refractivity contribution in [3.8, 4) is 11.5 Å². The second-order valence-electron chi connectivity index (χ2n) is 7.16. The van der Waals surface area contributed by atoms with E-state index in [1.807, 2.05) is 30.3 Å². The molecule has 0 aliphatic carbocycles. The van der Waals surface area contributed by atoms with Crippen LogP contribution in [0.4, 0.5) is 11.4 Å². The SMILES string of the molecule is CS(=O)(=O)N(CC(=O)Nc1ccc2c(c1)oc1ccccc12)c1ccc2c(c1)OCO2. The minimum absolute atomic E-state index is 0.0718. The monoisotopic (exact) mass is 438 g/mol. The lowest BCUT2D eigenvalue weighted by Crippen LogP contribution is -2.37. The van der Waals surface area contributed by atoms with Gasteiger partial charge in [-0.1, -0.05) is 18.2 Å². The van der Waals surface area contributed by atoms with Crippen molar-refractivity contribution in [1.29, 1.82) is 0 Å². The van der Waals surface area contributed by atoms with Gasteiger partial charge in [-0.3, -0.25) is 9.10 Å². The minimum atomic E-state index is -3.72. The van der Waals surface area contributed by atoms with Crippen molar-refractivity contribution >= 4 is 49.2 Å². The van der Waals surface area contributed by atoms with E-state index in [9.17, 15) is 13.2 Å². The van der Waals surface area contributed by atoms with Crippen LogP contribution >= 0.6 is 0 Å². The highest BCUT2D eigenvalue weighted by Gasteiger charge is 2.24. The molecule has 0 saturated heterocycles. The number of hydrogen-bond donors (Lipinski definition) is 1. The molecule has 4 aromatic rings. The molecule has 0 unspecified atom stereocenters. The summed E-state index contributed by atoms with van der Waals surface area (Å²) in [5, 5.41) is 4.67. The van der Waals surface area contributed by atoms with Crippen LogP contribution in [0.15, 0.2) is 65.1 Å². The Morgan fingerprint density at radius 2 is 1.74 bits per heavy atom. The molecular weight excluding hydrogens is 420 g/mol. The summed E-state index contributed by atoms with van der Waals surface area (Å²) in [7, 11) is -3.72. The first-order chi connectivity index (χ1) is 14.9. The molecule has 0 atom stereocenters. The lowest BCUT2D eigenvalue weighted by Gasteiger charge is -2.22. The van der Waals surface area contributed by atoms with Gasteiger partial charge in [0.25, 0.3) is 0 Å². The number of benzene rings is 3. The van der Waals surface area contributed by atoms with Crippen molar-refractivity contribution in [2.75, 3.05) is 29.2 Å². The van der Waals surface area contributed by atoms with Crippen LogP contribution < -0.4 is 19.1 Å². The molecule has 1 aliphatic rings. The van der Waals surface area contributed by atoms with Crippen molar-refractivity contribution in [2.24, 2.45) is 0 Å². The molecule has 158 valence electrons. The average molecular weight is 438 g/mol. The first-order valence-corrected chi connectivity index (χ1v) is 11.3. The third-order valence-corrected chi connectivity index (χ3v) is 6.13. The molecule has 5 rings (SSSR count).